The molecule has 0 spiro atoms. The smallest absolute Gasteiger partial charge is 0.239 e. The van der Waals surface area contributed by atoms with Crippen LogP contribution < -0.4 is 11.1 Å². The summed E-state index contributed by atoms with van der Waals surface area (Å²) in [5.74, 6) is -0.132. The summed E-state index contributed by atoms with van der Waals surface area (Å²) in [6.45, 7) is 5.31. The molecule has 0 radical (unpaired) electrons. The van der Waals surface area contributed by atoms with E-state index in [1.165, 1.54) is 0 Å². The lowest BCUT2D eigenvalue weighted by Crippen LogP contribution is -2.48. The maximum absolute atomic E-state index is 12.0. The Hall–Kier alpha value is -1.88. The van der Waals surface area contributed by atoms with Gasteiger partial charge < -0.3 is 10.6 Å². The molecule has 120 valence electrons. The first kappa shape index (κ1) is 16.5. The van der Waals surface area contributed by atoms with Crippen molar-refractivity contribution in [1.82, 2.24) is 10.2 Å². The minimum Gasteiger partial charge on any atom is -0.368 e. The Morgan fingerprint density at radius 2 is 1.77 bits per heavy atom. The van der Waals surface area contributed by atoms with Crippen molar-refractivity contribution in [3.63, 3.8) is 0 Å². The van der Waals surface area contributed by atoms with Crippen LogP contribution in [-0.4, -0.2) is 35.8 Å². The first-order chi connectivity index (χ1) is 10.5. The number of nitrogens with zero attached hydrogens (tertiary/aromatic N) is 1. The molecule has 0 saturated carbocycles. The van der Waals surface area contributed by atoms with Crippen LogP contribution in [0, 0.1) is 5.92 Å². The summed E-state index contributed by atoms with van der Waals surface area (Å²) in [5, 5.41) is 3.35. The molecule has 5 nitrogen and oxygen atoms in total. The van der Waals surface area contributed by atoms with Crippen LogP contribution in [0.5, 0.6) is 0 Å². The summed E-state index contributed by atoms with van der Waals surface area (Å²) >= 11 is 0. The summed E-state index contributed by atoms with van der Waals surface area (Å²) in [6, 6.07) is 9.25. The van der Waals surface area contributed by atoms with E-state index in [1.54, 1.807) is 0 Å². The zero-order chi connectivity index (χ0) is 16.1. The van der Waals surface area contributed by atoms with Crippen LogP contribution in [-0.2, 0) is 9.59 Å². The third-order valence-corrected chi connectivity index (χ3v) is 4.12. The summed E-state index contributed by atoms with van der Waals surface area (Å²) in [6.07, 6.45) is 1.68. The first-order valence-electron chi connectivity index (χ1n) is 7.88. The van der Waals surface area contributed by atoms with Gasteiger partial charge in [-0.25, -0.2) is 0 Å². The molecule has 0 bridgehead atoms. The fourth-order valence-electron chi connectivity index (χ4n) is 2.86. The molecule has 22 heavy (non-hydrogen) atoms. The number of amides is 2. The zero-order valence-electron chi connectivity index (χ0n) is 13.3. The lowest BCUT2D eigenvalue weighted by molar-refractivity contribution is -0.135. The molecule has 1 aliphatic heterocycles. The normalized spacial score (nSPS) is 17.5. The topological polar surface area (TPSA) is 75.4 Å². The average molecular weight is 303 g/mol. The molecule has 3 N–H and O–H groups in total. The van der Waals surface area contributed by atoms with Gasteiger partial charge in [-0.05, 0) is 18.4 Å². The van der Waals surface area contributed by atoms with Gasteiger partial charge in [-0.3, -0.25) is 14.9 Å². The number of benzene rings is 1. The molecular formula is C17H25N3O2. The Kier molecular flexibility index (Phi) is 5.55. The fraction of sp³-hybridized carbons (Fsp3) is 0.529. The maximum atomic E-state index is 12.0. The van der Waals surface area contributed by atoms with Crippen LogP contribution in [0.15, 0.2) is 30.3 Å². The molecule has 5 heteroatoms. The minimum absolute atomic E-state index is 0.0344. The van der Waals surface area contributed by atoms with Gasteiger partial charge in [0.05, 0.1) is 0 Å². The lowest BCUT2D eigenvalue weighted by atomic mass is 9.99. The van der Waals surface area contributed by atoms with Crippen LogP contribution in [0.2, 0.25) is 0 Å². The molecule has 0 aliphatic carbocycles. The zero-order valence-corrected chi connectivity index (χ0v) is 13.3. The first-order valence-corrected chi connectivity index (χ1v) is 7.88. The molecule has 2 amide bonds. The van der Waals surface area contributed by atoms with E-state index < -0.39 is 6.04 Å². The second kappa shape index (κ2) is 7.40. The molecule has 1 aliphatic rings. The Labute approximate surface area is 131 Å². The van der Waals surface area contributed by atoms with Gasteiger partial charge in [0.2, 0.25) is 11.8 Å². The highest BCUT2D eigenvalue weighted by molar-refractivity contribution is 5.81. The number of hydrogen-bond acceptors (Lipinski definition) is 3. The third kappa shape index (κ3) is 4.07. The molecule has 0 aromatic heterocycles. The second-order valence-electron chi connectivity index (χ2n) is 6.17. The van der Waals surface area contributed by atoms with Crippen LogP contribution in [0.1, 0.15) is 38.3 Å². The minimum atomic E-state index is -0.474. The third-order valence-electron chi connectivity index (χ3n) is 4.12. The number of nitrogens with two attached hydrogens (primary N) is 1. The van der Waals surface area contributed by atoms with Crippen molar-refractivity contribution in [2.45, 2.75) is 38.8 Å². The Balaban J connectivity index is 1.94. The summed E-state index contributed by atoms with van der Waals surface area (Å²) in [4.78, 5) is 25.6. The summed E-state index contributed by atoms with van der Waals surface area (Å²) in [7, 11) is 0. The standard InChI is InChI=1S/C17H25N3O2/c1-12(2)17(22)20-10-8-14(9-11-20)19-15(16(18)21)13-6-4-3-5-7-13/h3-7,12,14-15,19H,8-11H2,1-2H3,(H2,18,21). The van der Waals surface area contributed by atoms with Crippen molar-refractivity contribution in [3.05, 3.63) is 35.9 Å². The van der Waals surface area contributed by atoms with Crippen LogP contribution >= 0.6 is 0 Å². The van der Waals surface area contributed by atoms with E-state index in [2.05, 4.69) is 5.32 Å². The molecule has 1 fully saturated rings. The highest BCUT2D eigenvalue weighted by Crippen LogP contribution is 2.18. The van der Waals surface area contributed by atoms with Crippen LogP contribution in [0.4, 0.5) is 0 Å². The van der Waals surface area contributed by atoms with Gasteiger partial charge in [-0.1, -0.05) is 44.2 Å². The molecule has 2 rings (SSSR count). The Bertz CT molecular complexity index is 508. The van der Waals surface area contributed by atoms with E-state index in [9.17, 15) is 9.59 Å². The number of carbonyl (C=O) groups is 2. The van der Waals surface area contributed by atoms with Gasteiger partial charge >= 0.3 is 0 Å². The van der Waals surface area contributed by atoms with E-state index in [1.807, 2.05) is 49.1 Å². The van der Waals surface area contributed by atoms with E-state index >= 15 is 0 Å². The van der Waals surface area contributed by atoms with Gasteiger partial charge in [0.1, 0.15) is 6.04 Å². The molecule has 1 aromatic carbocycles. The molecular weight excluding hydrogens is 278 g/mol. The van der Waals surface area contributed by atoms with E-state index in [-0.39, 0.29) is 23.8 Å². The highest BCUT2D eigenvalue weighted by atomic mass is 16.2. The monoisotopic (exact) mass is 303 g/mol. The van der Waals surface area contributed by atoms with Crippen molar-refractivity contribution < 1.29 is 9.59 Å². The summed E-state index contributed by atoms with van der Waals surface area (Å²) in [5.41, 5.74) is 6.42. The number of piperidine rings is 1. The Morgan fingerprint density at radius 1 is 1.18 bits per heavy atom. The molecule has 1 unspecified atom stereocenters. The molecule has 1 heterocycles. The number of likely N-dealkylation sites (tertiary alicyclic amines) is 1. The van der Waals surface area contributed by atoms with Crippen LogP contribution in [0.3, 0.4) is 0 Å². The number of hydrogen-bond donors (Lipinski definition) is 2. The van der Waals surface area contributed by atoms with Gasteiger partial charge in [0.15, 0.2) is 0 Å². The van der Waals surface area contributed by atoms with Gasteiger partial charge in [-0.2, -0.15) is 0 Å². The maximum Gasteiger partial charge on any atom is 0.239 e. The van der Waals surface area contributed by atoms with Crippen molar-refractivity contribution >= 4 is 11.8 Å². The van der Waals surface area contributed by atoms with Crippen molar-refractivity contribution in [2.75, 3.05) is 13.1 Å². The highest BCUT2D eigenvalue weighted by Gasteiger charge is 2.27. The predicted octanol–water partition coefficient (Wildman–Crippen LogP) is 1.45. The predicted molar refractivity (Wildman–Crippen MR) is 86.0 cm³/mol. The fourth-order valence-corrected chi connectivity index (χ4v) is 2.86. The number of nitrogens with one attached hydrogen (secondary N) is 1. The number of carbonyl (C=O) groups excluding carboxylic acids is 2. The molecule has 1 atom stereocenters. The van der Waals surface area contributed by atoms with Crippen molar-refractivity contribution in [1.29, 1.82) is 0 Å². The second-order valence-corrected chi connectivity index (χ2v) is 6.17. The quantitative estimate of drug-likeness (QED) is 0.864. The number of rotatable bonds is 5. The molecule has 1 saturated heterocycles. The van der Waals surface area contributed by atoms with Gasteiger partial charge in [0, 0.05) is 25.0 Å². The largest absolute Gasteiger partial charge is 0.368 e. The molecule has 1 aromatic rings. The van der Waals surface area contributed by atoms with E-state index in [0.717, 1.165) is 31.5 Å². The van der Waals surface area contributed by atoms with Crippen molar-refractivity contribution in [3.8, 4) is 0 Å². The van der Waals surface area contributed by atoms with Gasteiger partial charge in [0.25, 0.3) is 0 Å². The lowest BCUT2D eigenvalue weighted by Gasteiger charge is -2.35. The van der Waals surface area contributed by atoms with Gasteiger partial charge in [-0.15, -0.1) is 0 Å². The number of primary amides is 1. The average Bonchev–Trinajstić information content (AvgIpc) is 2.53. The Morgan fingerprint density at radius 3 is 2.27 bits per heavy atom. The van der Waals surface area contributed by atoms with E-state index in [0.29, 0.717) is 0 Å². The SMILES string of the molecule is CC(C)C(=O)N1CCC(NC(C(N)=O)c2ccccc2)CC1. The van der Waals surface area contributed by atoms with Crippen LogP contribution in [0.25, 0.3) is 0 Å². The summed E-state index contributed by atoms with van der Waals surface area (Å²) < 4.78 is 0. The van der Waals surface area contributed by atoms with Crippen molar-refractivity contribution in [2.24, 2.45) is 11.7 Å². The van der Waals surface area contributed by atoms with E-state index in [4.69, 9.17) is 5.73 Å².